The summed E-state index contributed by atoms with van der Waals surface area (Å²) in [7, 11) is 0. The molecule has 0 fully saturated rings. The lowest BCUT2D eigenvalue weighted by Crippen LogP contribution is -2.30. The summed E-state index contributed by atoms with van der Waals surface area (Å²) in [5, 5.41) is 1.01. The van der Waals surface area contributed by atoms with E-state index in [0.29, 0.717) is 5.56 Å². The van der Waals surface area contributed by atoms with Crippen LogP contribution in [0.3, 0.4) is 0 Å². The fourth-order valence-electron chi connectivity index (χ4n) is 2.55. The molecule has 1 aromatic carbocycles. The van der Waals surface area contributed by atoms with E-state index >= 15 is 0 Å². The zero-order valence-corrected chi connectivity index (χ0v) is 11.0. The van der Waals surface area contributed by atoms with E-state index < -0.39 is 0 Å². The fraction of sp³-hybridized carbons (Fsp3) is 0.250. The van der Waals surface area contributed by atoms with Gasteiger partial charge in [0.1, 0.15) is 5.82 Å². The number of aldehydes is 1. The van der Waals surface area contributed by atoms with E-state index in [2.05, 4.69) is 22.9 Å². The summed E-state index contributed by atoms with van der Waals surface area (Å²) in [6, 6.07) is 9.84. The highest BCUT2D eigenvalue weighted by molar-refractivity contribution is 5.91. The van der Waals surface area contributed by atoms with E-state index in [9.17, 15) is 4.79 Å². The van der Waals surface area contributed by atoms with Gasteiger partial charge in [0.05, 0.1) is 11.1 Å². The average Bonchev–Trinajstić information content (AvgIpc) is 2.46. The third-order valence-electron chi connectivity index (χ3n) is 3.49. The van der Waals surface area contributed by atoms with E-state index in [1.54, 1.807) is 0 Å². The molecule has 3 heteroatoms. The third-order valence-corrected chi connectivity index (χ3v) is 3.49. The summed E-state index contributed by atoms with van der Waals surface area (Å²) < 4.78 is 0. The number of para-hydroxylation sites is 1. The number of hydrogen-bond donors (Lipinski definition) is 0. The van der Waals surface area contributed by atoms with Crippen molar-refractivity contribution in [3.63, 3.8) is 0 Å². The van der Waals surface area contributed by atoms with Gasteiger partial charge in [-0.25, -0.2) is 4.98 Å². The summed E-state index contributed by atoms with van der Waals surface area (Å²) in [5.41, 5.74) is 2.95. The van der Waals surface area contributed by atoms with Crippen LogP contribution >= 0.6 is 0 Å². The molecule has 1 aromatic heterocycles. The number of rotatable bonds is 2. The minimum absolute atomic E-state index is 0.674. The first-order chi connectivity index (χ1) is 9.28. The van der Waals surface area contributed by atoms with Crippen molar-refractivity contribution in [2.24, 2.45) is 0 Å². The predicted molar refractivity (Wildman–Crippen MR) is 77.7 cm³/mol. The van der Waals surface area contributed by atoms with E-state index in [-0.39, 0.29) is 0 Å². The lowest BCUT2D eigenvalue weighted by Gasteiger charge is -2.28. The molecule has 0 radical (unpaired) electrons. The van der Waals surface area contributed by atoms with Gasteiger partial charge in [0, 0.05) is 18.5 Å². The molecule has 0 atom stereocenters. The van der Waals surface area contributed by atoms with Crippen LogP contribution in [0.25, 0.3) is 10.9 Å². The smallest absolute Gasteiger partial charge is 0.153 e. The molecular formula is C16H16N2O. The molecule has 3 rings (SSSR count). The molecule has 19 heavy (non-hydrogen) atoms. The van der Waals surface area contributed by atoms with Crippen molar-refractivity contribution in [1.82, 2.24) is 4.98 Å². The van der Waals surface area contributed by atoms with Crippen LogP contribution in [0.15, 0.2) is 42.0 Å². The van der Waals surface area contributed by atoms with Gasteiger partial charge >= 0.3 is 0 Å². The standard InChI is InChI=1S/C16H16N2O/c1-12-5-4-8-18(10-12)16-14(11-19)9-13-6-2-3-7-15(13)17-16/h2-3,5-7,9,11H,4,8,10H2,1H3. The number of anilines is 1. The summed E-state index contributed by atoms with van der Waals surface area (Å²) in [4.78, 5) is 18.2. The Kier molecular flexibility index (Phi) is 3.03. The highest BCUT2D eigenvalue weighted by Crippen LogP contribution is 2.24. The van der Waals surface area contributed by atoms with Crippen molar-refractivity contribution in [3.8, 4) is 0 Å². The predicted octanol–water partition coefficient (Wildman–Crippen LogP) is 3.20. The number of nitrogens with zero attached hydrogens (tertiary/aromatic N) is 2. The van der Waals surface area contributed by atoms with Crippen LogP contribution in [0.4, 0.5) is 5.82 Å². The molecule has 0 N–H and O–H groups in total. The quantitative estimate of drug-likeness (QED) is 0.608. The minimum Gasteiger partial charge on any atom is -0.352 e. The van der Waals surface area contributed by atoms with Crippen LogP contribution in [0.1, 0.15) is 23.7 Å². The number of pyridine rings is 1. The number of aromatic nitrogens is 1. The van der Waals surface area contributed by atoms with Crippen molar-refractivity contribution in [2.45, 2.75) is 13.3 Å². The number of benzene rings is 1. The van der Waals surface area contributed by atoms with Gasteiger partial charge in [-0.15, -0.1) is 0 Å². The largest absolute Gasteiger partial charge is 0.352 e. The van der Waals surface area contributed by atoms with Crippen LogP contribution in [0, 0.1) is 0 Å². The Morgan fingerprint density at radius 3 is 2.95 bits per heavy atom. The molecule has 2 heterocycles. The van der Waals surface area contributed by atoms with Gasteiger partial charge in [0.15, 0.2) is 6.29 Å². The molecule has 0 aliphatic carbocycles. The van der Waals surface area contributed by atoms with Gasteiger partial charge < -0.3 is 4.90 Å². The highest BCUT2D eigenvalue weighted by atomic mass is 16.1. The van der Waals surface area contributed by atoms with Crippen molar-refractivity contribution < 1.29 is 4.79 Å². The number of carbonyl (C=O) groups is 1. The zero-order valence-electron chi connectivity index (χ0n) is 11.0. The van der Waals surface area contributed by atoms with Gasteiger partial charge in [-0.05, 0) is 25.5 Å². The second-order valence-corrected chi connectivity index (χ2v) is 4.97. The normalized spacial score (nSPS) is 15.4. The minimum atomic E-state index is 0.674. The highest BCUT2D eigenvalue weighted by Gasteiger charge is 2.16. The summed E-state index contributed by atoms with van der Waals surface area (Å²) >= 11 is 0. The molecule has 0 bridgehead atoms. The SMILES string of the molecule is CC1=CCCN(c2nc3ccccc3cc2C=O)C1. The van der Waals surface area contributed by atoms with E-state index in [0.717, 1.165) is 42.5 Å². The maximum Gasteiger partial charge on any atom is 0.153 e. The van der Waals surface area contributed by atoms with Crippen LogP contribution in [0.5, 0.6) is 0 Å². The number of hydrogen-bond acceptors (Lipinski definition) is 3. The Morgan fingerprint density at radius 1 is 1.32 bits per heavy atom. The summed E-state index contributed by atoms with van der Waals surface area (Å²) in [5.74, 6) is 0.807. The van der Waals surface area contributed by atoms with Gasteiger partial charge in [-0.3, -0.25) is 4.79 Å². The molecule has 96 valence electrons. The zero-order chi connectivity index (χ0) is 13.2. The molecule has 3 nitrogen and oxygen atoms in total. The molecule has 0 amide bonds. The Labute approximate surface area is 112 Å². The van der Waals surface area contributed by atoms with E-state index in [1.807, 2.05) is 30.3 Å². The summed E-state index contributed by atoms with van der Waals surface area (Å²) in [6.07, 6.45) is 4.17. The first kappa shape index (κ1) is 11.9. The Balaban J connectivity index is 2.11. The van der Waals surface area contributed by atoms with E-state index in [1.165, 1.54) is 5.57 Å². The van der Waals surface area contributed by atoms with Crippen LogP contribution in [-0.2, 0) is 0 Å². The third kappa shape index (κ3) is 2.24. The molecule has 1 aliphatic heterocycles. The molecule has 2 aromatic rings. The van der Waals surface area contributed by atoms with Crippen molar-refractivity contribution in [2.75, 3.05) is 18.0 Å². The van der Waals surface area contributed by atoms with Gasteiger partial charge in [0.25, 0.3) is 0 Å². The Hall–Kier alpha value is -2.16. The Bertz CT molecular complexity index is 661. The second-order valence-electron chi connectivity index (χ2n) is 4.97. The van der Waals surface area contributed by atoms with Crippen molar-refractivity contribution in [3.05, 3.63) is 47.5 Å². The van der Waals surface area contributed by atoms with Crippen molar-refractivity contribution in [1.29, 1.82) is 0 Å². The topological polar surface area (TPSA) is 33.2 Å². The van der Waals surface area contributed by atoms with Gasteiger partial charge in [-0.2, -0.15) is 0 Å². The van der Waals surface area contributed by atoms with Gasteiger partial charge in [-0.1, -0.05) is 29.8 Å². The fourth-order valence-corrected chi connectivity index (χ4v) is 2.55. The number of carbonyl (C=O) groups excluding carboxylic acids is 1. The lowest BCUT2D eigenvalue weighted by molar-refractivity contribution is 0.112. The van der Waals surface area contributed by atoms with Crippen LogP contribution in [-0.4, -0.2) is 24.4 Å². The maximum absolute atomic E-state index is 11.3. The monoisotopic (exact) mass is 252 g/mol. The van der Waals surface area contributed by atoms with E-state index in [4.69, 9.17) is 0 Å². The molecule has 0 saturated carbocycles. The van der Waals surface area contributed by atoms with Crippen LogP contribution in [0.2, 0.25) is 0 Å². The van der Waals surface area contributed by atoms with Crippen LogP contribution < -0.4 is 4.90 Å². The average molecular weight is 252 g/mol. The molecule has 0 spiro atoms. The molecule has 0 saturated heterocycles. The molecule has 1 aliphatic rings. The first-order valence-electron chi connectivity index (χ1n) is 6.53. The second kappa shape index (κ2) is 4.84. The first-order valence-corrected chi connectivity index (χ1v) is 6.53. The lowest BCUT2D eigenvalue weighted by atomic mass is 10.1. The maximum atomic E-state index is 11.3. The van der Waals surface area contributed by atoms with Crippen molar-refractivity contribution >= 4 is 23.0 Å². The number of fused-ring (bicyclic) bond motifs is 1. The molecule has 0 unspecified atom stereocenters. The van der Waals surface area contributed by atoms with Gasteiger partial charge in [0.2, 0.25) is 0 Å². The Morgan fingerprint density at radius 2 is 2.16 bits per heavy atom. The summed E-state index contributed by atoms with van der Waals surface area (Å²) in [6.45, 7) is 3.89. The molecular weight excluding hydrogens is 236 g/mol.